The number of methoxy groups -OCH3 is 1. The summed E-state index contributed by atoms with van der Waals surface area (Å²) in [6.07, 6.45) is 6.83. The lowest BCUT2D eigenvalue weighted by Crippen LogP contribution is -2.28. The van der Waals surface area contributed by atoms with Crippen LogP contribution in [-0.2, 0) is 12.0 Å². The van der Waals surface area contributed by atoms with Crippen LogP contribution < -0.4 is 10.1 Å². The molecule has 1 N–H and O–H groups in total. The summed E-state index contributed by atoms with van der Waals surface area (Å²) in [4.78, 5) is 8.48. The molecule has 0 aliphatic carbocycles. The third-order valence-corrected chi connectivity index (χ3v) is 4.06. The molecule has 106 valence electrons. The van der Waals surface area contributed by atoms with E-state index < -0.39 is 0 Å². The van der Waals surface area contributed by atoms with Gasteiger partial charge in [-0.2, -0.15) is 0 Å². The number of hydrogen-bond donors (Lipinski definition) is 1. The Hall–Kier alpha value is -1.88. The van der Waals surface area contributed by atoms with Crippen LogP contribution in [0.25, 0.3) is 0 Å². The van der Waals surface area contributed by atoms with E-state index in [0.29, 0.717) is 5.88 Å². The molecular weight excluding hydrogens is 252 g/mol. The maximum atomic E-state index is 5.18. The van der Waals surface area contributed by atoms with Gasteiger partial charge in [-0.05, 0) is 24.6 Å². The molecule has 0 bridgehead atoms. The first-order valence-corrected chi connectivity index (χ1v) is 6.91. The predicted octanol–water partition coefficient (Wildman–Crippen LogP) is 1.59. The van der Waals surface area contributed by atoms with E-state index in [1.54, 1.807) is 13.3 Å². The first-order valence-electron chi connectivity index (χ1n) is 6.91. The first-order chi connectivity index (χ1) is 9.71. The quantitative estimate of drug-likeness (QED) is 0.918. The largest absolute Gasteiger partial charge is 0.481 e. The molecule has 0 aromatic carbocycles. The summed E-state index contributed by atoms with van der Waals surface area (Å²) >= 11 is 0. The van der Waals surface area contributed by atoms with Crippen LogP contribution in [0.3, 0.4) is 0 Å². The summed E-state index contributed by atoms with van der Waals surface area (Å²) in [6, 6.07) is 3.99. The van der Waals surface area contributed by atoms with Crippen molar-refractivity contribution in [3.63, 3.8) is 0 Å². The van der Waals surface area contributed by atoms with Crippen LogP contribution in [0.5, 0.6) is 5.88 Å². The first kappa shape index (κ1) is 13.1. The van der Waals surface area contributed by atoms with Crippen LogP contribution in [0.1, 0.15) is 24.6 Å². The summed E-state index contributed by atoms with van der Waals surface area (Å²) in [7, 11) is 1.64. The Morgan fingerprint density at radius 3 is 3.15 bits per heavy atom. The van der Waals surface area contributed by atoms with E-state index in [1.165, 1.54) is 11.3 Å². The molecule has 1 aliphatic rings. The fraction of sp³-hybridized carbons (Fsp3) is 0.467. The van der Waals surface area contributed by atoms with E-state index in [1.807, 2.05) is 24.7 Å². The molecule has 2 aromatic rings. The molecule has 0 radical (unpaired) electrons. The summed E-state index contributed by atoms with van der Waals surface area (Å²) < 4.78 is 7.40. The lowest BCUT2D eigenvalue weighted by atomic mass is 9.86. The molecule has 0 saturated carbocycles. The molecular formula is C15H20N4O. The maximum Gasteiger partial charge on any atom is 0.213 e. The topological polar surface area (TPSA) is 52.0 Å². The second-order valence-corrected chi connectivity index (χ2v) is 5.60. The number of nitrogens with one attached hydrogen (secondary N) is 1. The Bertz CT molecular complexity index is 587. The molecule has 5 nitrogen and oxygen atoms in total. The van der Waals surface area contributed by atoms with Crippen LogP contribution in [0.2, 0.25) is 0 Å². The zero-order chi connectivity index (χ0) is 14.0. The van der Waals surface area contributed by atoms with Gasteiger partial charge in [0, 0.05) is 42.7 Å². The molecule has 1 unspecified atom stereocenters. The normalized spacial score (nSPS) is 22.1. The lowest BCUT2D eigenvalue weighted by Gasteiger charge is -2.24. The SMILES string of the molecule is COc1cc(Cn2cncc2C2(C)CCNC2)ccn1. The molecule has 5 heteroatoms. The van der Waals surface area contributed by atoms with E-state index in [0.717, 1.165) is 26.1 Å². The van der Waals surface area contributed by atoms with Crippen molar-refractivity contribution in [2.75, 3.05) is 20.2 Å². The lowest BCUT2D eigenvalue weighted by molar-refractivity contribution is 0.397. The smallest absolute Gasteiger partial charge is 0.213 e. The van der Waals surface area contributed by atoms with Crippen molar-refractivity contribution in [1.29, 1.82) is 0 Å². The van der Waals surface area contributed by atoms with Crippen molar-refractivity contribution >= 4 is 0 Å². The Kier molecular flexibility index (Phi) is 3.44. The van der Waals surface area contributed by atoms with Gasteiger partial charge in [0.05, 0.1) is 13.4 Å². The average molecular weight is 272 g/mol. The number of imidazole rings is 1. The molecule has 0 amide bonds. The summed E-state index contributed by atoms with van der Waals surface area (Å²) in [6.45, 7) is 5.18. The predicted molar refractivity (Wildman–Crippen MR) is 77.0 cm³/mol. The minimum absolute atomic E-state index is 0.174. The minimum atomic E-state index is 0.174. The summed E-state index contributed by atoms with van der Waals surface area (Å²) in [5.41, 5.74) is 2.64. The number of nitrogens with zero attached hydrogens (tertiary/aromatic N) is 3. The van der Waals surface area contributed by atoms with Gasteiger partial charge in [-0.3, -0.25) is 0 Å². The third kappa shape index (κ3) is 2.41. The van der Waals surface area contributed by atoms with Gasteiger partial charge >= 0.3 is 0 Å². The zero-order valence-electron chi connectivity index (χ0n) is 12.0. The molecule has 1 saturated heterocycles. The molecule has 3 rings (SSSR count). The molecule has 1 atom stereocenters. The minimum Gasteiger partial charge on any atom is -0.481 e. The van der Waals surface area contributed by atoms with Crippen LogP contribution in [0.4, 0.5) is 0 Å². The van der Waals surface area contributed by atoms with Gasteiger partial charge in [-0.1, -0.05) is 6.92 Å². The fourth-order valence-electron chi connectivity index (χ4n) is 2.84. The van der Waals surface area contributed by atoms with Gasteiger partial charge in [0.25, 0.3) is 0 Å². The number of ether oxygens (including phenoxy) is 1. The van der Waals surface area contributed by atoms with Crippen LogP contribution >= 0.6 is 0 Å². The molecule has 1 fully saturated rings. The monoisotopic (exact) mass is 272 g/mol. The fourth-order valence-corrected chi connectivity index (χ4v) is 2.84. The van der Waals surface area contributed by atoms with Gasteiger partial charge in [0.2, 0.25) is 5.88 Å². The van der Waals surface area contributed by atoms with Crippen molar-refractivity contribution in [3.05, 3.63) is 42.1 Å². The van der Waals surface area contributed by atoms with Gasteiger partial charge in [-0.15, -0.1) is 0 Å². The number of hydrogen-bond acceptors (Lipinski definition) is 4. The Labute approximate surface area is 119 Å². The van der Waals surface area contributed by atoms with Crippen molar-refractivity contribution < 1.29 is 4.74 Å². The maximum absolute atomic E-state index is 5.18. The van der Waals surface area contributed by atoms with Crippen molar-refractivity contribution in [2.24, 2.45) is 0 Å². The highest BCUT2D eigenvalue weighted by Gasteiger charge is 2.33. The molecule has 1 aliphatic heterocycles. The van der Waals surface area contributed by atoms with Gasteiger partial charge in [0.1, 0.15) is 0 Å². The molecule has 2 aromatic heterocycles. The van der Waals surface area contributed by atoms with Crippen molar-refractivity contribution in [2.45, 2.75) is 25.3 Å². The standard InChI is InChI=1S/C15H20N4O/c1-15(4-6-16-10-15)13-8-17-11-19(13)9-12-3-5-18-14(7-12)20-2/h3,5,7-8,11,16H,4,6,9-10H2,1-2H3. The Morgan fingerprint density at radius 2 is 2.40 bits per heavy atom. The highest BCUT2D eigenvalue weighted by atomic mass is 16.5. The molecule has 3 heterocycles. The van der Waals surface area contributed by atoms with E-state index in [9.17, 15) is 0 Å². The number of pyridine rings is 1. The zero-order valence-corrected chi connectivity index (χ0v) is 12.0. The van der Waals surface area contributed by atoms with Crippen LogP contribution in [0.15, 0.2) is 30.9 Å². The number of rotatable bonds is 4. The third-order valence-electron chi connectivity index (χ3n) is 4.06. The molecule has 20 heavy (non-hydrogen) atoms. The summed E-state index contributed by atoms with van der Waals surface area (Å²) in [5, 5.41) is 3.44. The Morgan fingerprint density at radius 1 is 1.50 bits per heavy atom. The van der Waals surface area contributed by atoms with Gasteiger partial charge in [-0.25, -0.2) is 9.97 Å². The second-order valence-electron chi connectivity index (χ2n) is 5.60. The van der Waals surface area contributed by atoms with Gasteiger partial charge in [0.15, 0.2) is 0 Å². The van der Waals surface area contributed by atoms with Crippen molar-refractivity contribution in [3.8, 4) is 5.88 Å². The molecule has 0 spiro atoms. The number of aromatic nitrogens is 3. The highest BCUT2D eigenvalue weighted by Crippen LogP contribution is 2.30. The average Bonchev–Trinajstić information content (AvgIpc) is 3.09. The van der Waals surface area contributed by atoms with E-state index >= 15 is 0 Å². The van der Waals surface area contributed by atoms with Crippen molar-refractivity contribution in [1.82, 2.24) is 19.9 Å². The summed E-state index contributed by atoms with van der Waals surface area (Å²) in [5.74, 6) is 0.651. The van der Waals surface area contributed by atoms with Crippen LogP contribution in [0, 0.1) is 0 Å². The van der Waals surface area contributed by atoms with Crippen LogP contribution in [-0.4, -0.2) is 34.7 Å². The Balaban J connectivity index is 1.86. The van der Waals surface area contributed by atoms with E-state index in [2.05, 4.69) is 26.8 Å². The highest BCUT2D eigenvalue weighted by molar-refractivity contribution is 5.23. The van der Waals surface area contributed by atoms with E-state index in [-0.39, 0.29) is 5.41 Å². The second kappa shape index (κ2) is 5.25. The van der Waals surface area contributed by atoms with E-state index in [4.69, 9.17) is 4.74 Å². The van der Waals surface area contributed by atoms with Gasteiger partial charge < -0.3 is 14.6 Å².